The minimum absolute atomic E-state index is 0.107. The van der Waals surface area contributed by atoms with Crippen LogP contribution in [-0.4, -0.2) is 41.9 Å². The summed E-state index contributed by atoms with van der Waals surface area (Å²) in [7, 11) is 0. The van der Waals surface area contributed by atoms with Gasteiger partial charge in [0.1, 0.15) is 0 Å². The fourth-order valence-electron chi connectivity index (χ4n) is 2.82. The van der Waals surface area contributed by atoms with Gasteiger partial charge >= 0.3 is 0 Å². The largest absolute Gasteiger partial charge is 0.336 e. The summed E-state index contributed by atoms with van der Waals surface area (Å²) in [6.07, 6.45) is 0. The zero-order valence-electron chi connectivity index (χ0n) is 13.0. The lowest BCUT2D eigenvalue weighted by molar-refractivity contribution is 0.0627. The van der Waals surface area contributed by atoms with Gasteiger partial charge in [-0.3, -0.25) is 9.69 Å². The van der Waals surface area contributed by atoms with E-state index in [4.69, 9.17) is 23.2 Å². The number of carbonyl (C=O) groups excluding carboxylic acids is 1. The first-order chi connectivity index (χ1) is 11.6. The number of benzene rings is 2. The molecule has 1 aliphatic rings. The van der Waals surface area contributed by atoms with Crippen LogP contribution >= 0.6 is 45.8 Å². The Morgan fingerprint density at radius 2 is 1.58 bits per heavy atom. The molecule has 2 aromatic rings. The molecule has 3 rings (SSSR count). The zero-order valence-corrected chi connectivity index (χ0v) is 16.7. The zero-order chi connectivity index (χ0) is 17.1. The average molecular weight is 475 g/mol. The maximum atomic E-state index is 12.7. The normalized spacial score (nSPS) is 15.5. The summed E-state index contributed by atoms with van der Waals surface area (Å²) in [6, 6.07) is 13.3. The van der Waals surface area contributed by atoms with Gasteiger partial charge in [-0.2, -0.15) is 0 Å². The lowest BCUT2D eigenvalue weighted by Crippen LogP contribution is -2.48. The Balaban J connectivity index is 1.62. The van der Waals surface area contributed by atoms with Crippen LogP contribution in [0.25, 0.3) is 0 Å². The summed E-state index contributed by atoms with van der Waals surface area (Å²) < 4.78 is 0.991. The molecule has 0 aliphatic carbocycles. The predicted octanol–water partition coefficient (Wildman–Crippen LogP) is 4.56. The SMILES string of the molecule is O=C(c1ccccc1I)N1CCN(Cc2c(Cl)cccc2Cl)CC1. The second-order valence-corrected chi connectivity index (χ2v) is 7.72. The first-order valence-corrected chi connectivity index (χ1v) is 9.59. The average Bonchev–Trinajstić information content (AvgIpc) is 2.59. The number of hydrogen-bond donors (Lipinski definition) is 0. The van der Waals surface area contributed by atoms with Gasteiger partial charge in [0.25, 0.3) is 5.91 Å². The summed E-state index contributed by atoms with van der Waals surface area (Å²) in [6.45, 7) is 3.77. The molecule has 1 heterocycles. The molecule has 0 saturated carbocycles. The van der Waals surface area contributed by atoms with E-state index >= 15 is 0 Å². The number of hydrogen-bond acceptors (Lipinski definition) is 2. The molecular weight excluding hydrogens is 458 g/mol. The predicted molar refractivity (Wildman–Crippen MR) is 107 cm³/mol. The molecule has 0 bridgehead atoms. The van der Waals surface area contributed by atoms with E-state index in [9.17, 15) is 4.79 Å². The van der Waals surface area contributed by atoms with Crippen molar-refractivity contribution in [2.75, 3.05) is 26.2 Å². The van der Waals surface area contributed by atoms with Gasteiger partial charge in [-0.25, -0.2) is 0 Å². The maximum Gasteiger partial charge on any atom is 0.255 e. The monoisotopic (exact) mass is 474 g/mol. The standard InChI is InChI=1S/C18H17Cl2IN2O/c19-15-5-3-6-16(20)14(15)12-22-8-10-23(11-9-22)18(24)13-4-1-2-7-17(13)21/h1-7H,8-12H2. The molecule has 1 fully saturated rings. The van der Waals surface area contributed by atoms with E-state index in [0.717, 1.165) is 27.8 Å². The third-order valence-corrected chi connectivity index (χ3v) is 5.86. The molecule has 0 atom stereocenters. The third kappa shape index (κ3) is 4.04. The second-order valence-electron chi connectivity index (χ2n) is 5.75. The van der Waals surface area contributed by atoms with Crippen molar-refractivity contribution < 1.29 is 4.79 Å². The number of nitrogens with zero attached hydrogens (tertiary/aromatic N) is 2. The van der Waals surface area contributed by atoms with Gasteiger partial charge in [0.2, 0.25) is 0 Å². The Bertz CT molecular complexity index is 725. The Morgan fingerprint density at radius 3 is 2.21 bits per heavy atom. The smallest absolute Gasteiger partial charge is 0.255 e. The molecule has 0 unspecified atom stereocenters. The summed E-state index contributed by atoms with van der Waals surface area (Å²) in [5.41, 5.74) is 1.74. The van der Waals surface area contributed by atoms with Gasteiger partial charge in [-0.15, -0.1) is 0 Å². The van der Waals surface area contributed by atoms with Gasteiger partial charge in [0, 0.05) is 51.9 Å². The summed E-state index contributed by atoms with van der Waals surface area (Å²) >= 11 is 14.7. The molecule has 0 N–H and O–H groups in total. The molecule has 2 aromatic carbocycles. The first-order valence-electron chi connectivity index (χ1n) is 7.75. The lowest BCUT2D eigenvalue weighted by atomic mass is 10.1. The molecule has 3 nitrogen and oxygen atoms in total. The fraction of sp³-hybridized carbons (Fsp3) is 0.278. The number of amides is 1. The Kier molecular flexibility index (Phi) is 6.02. The van der Waals surface area contributed by atoms with Crippen LogP contribution in [0.2, 0.25) is 10.0 Å². The lowest BCUT2D eigenvalue weighted by Gasteiger charge is -2.35. The van der Waals surface area contributed by atoms with Crippen LogP contribution < -0.4 is 0 Å². The van der Waals surface area contributed by atoms with Crippen LogP contribution in [-0.2, 0) is 6.54 Å². The molecule has 24 heavy (non-hydrogen) atoms. The van der Waals surface area contributed by atoms with Crippen LogP contribution in [0.1, 0.15) is 15.9 Å². The van der Waals surface area contributed by atoms with Crippen molar-refractivity contribution in [3.8, 4) is 0 Å². The van der Waals surface area contributed by atoms with Gasteiger partial charge in [-0.1, -0.05) is 41.4 Å². The van der Waals surface area contributed by atoms with E-state index in [2.05, 4.69) is 27.5 Å². The Hall–Kier alpha value is -0.820. The van der Waals surface area contributed by atoms with Crippen molar-refractivity contribution in [3.63, 3.8) is 0 Å². The van der Waals surface area contributed by atoms with Crippen LogP contribution in [0.3, 0.4) is 0 Å². The summed E-state index contributed by atoms with van der Waals surface area (Å²) in [4.78, 5) is 16.9. The molecule has 6 heteroatoms. The van der Waals surface area contributed by atoms with Crippen molar-refractivity contribution in [3.05, 3.63) is 67.2 Å². The van der Waals surface area contributed by atoms with Crippen LogP contribution in [0.4, 0.5) is 0 Å². The van der Waals surface area contributed by atoms with E-state index in [1.807, 2.05) is 47.4 Å². The van der Waals surface area contributed by atoms with Gasteiger partial charge in [-0.05, 0) is 46.9 Å². The topological polar surface area (TPSA) is 23.6 Å². The highest BCUT2D eigenvalue weighted by Crippen LogP contribution is 2.26. The Morgan fingerprint density at radius 1 is 0.958 bits per heavy atom. The van der Waals surface area contributed by atoms with Crippen molar-refractivity contribution in [1.82, 2.24) is 9.80 Å². The summed E-state index contributed by atoms with van der Waals surface area (Å²) in [5.74, 6) is 0.107. The van der Waals surface area contributed by atoms with Gasteiger partial charge < -0.3 is 4.90 Å². The molecule has 1 aliphatic heterocycles. The van der Waals surface area contributed by atoms with Gasteiger partial charge in [0.05, 0.1) is 5.56 Å². The quantitative estimate of drug-likeness (QED) is 0.609. The summed E-state index contributed by atoms with van der Waals surface area (Å²) in [5, 5.41) is 1.39. The van der Waals surface area contributed by atoms with Gasteiger partial charge in [0.15, 0.2) is 0 Å². The second kappa shape index (κ2) is 8.04. The third-order valence-electron chi connectivity index (χ3n) is 4.21. The van der Waals surface area contributed by atoms with E-state index in [1.165, 1.54) is 0 Å². The minimum Gasteiger partial charge on any atom is -0.336 e. The first kappa shape index (κ1) is 18.0. The molecule has 0 radical (unpaired) electrons. The number of rotatable bonds is 3. The van der Waals surface area contributed by atoms with E-state index in [-0.39, 0.29) is 5.91 Å². The van der Waals surface area contributed by atoms with Crippen LogP contribution in [0.15, 0.2) is 42.5 Å². The highest BCUT2D eigenvalue weighted by molar-refractivity contribution is 14.1. The highest BCUT2D eigenvalue weighted by Gasteiger charge is 2.24. The molecule has 1 amide bonds. The molecular formula is C18H17Cl2IN2O. The Labute approximate surface area is 165 Å². The van der Waals surface area contributed by atoms with Crippen LogP contribution in [0.5, 0.6) is 0 Å². The maximum absolute atomic E-state index is 12.7. The highest BCUT2D eigenvalue weighted by atomic mass is 127. The molecule has 0 aromatic heterocycles. The van der Waals surface area contributed by atoms with Crippen molar-refractivity contribution in [2.24, 2.45) is 0 Å². The number of halogens is 3. The van der Waals surface area contributed by atoms with E-state index in [0.29, 0.717) is 29.7 Å². The number of piperazine rings is 1. The number of carbonyl (C=O) groups is 1. The molecule has 126 valence electrons. The van der Waals surface area contributed by atoms with Crippen molar-refractivity contribution in [1.29, 1.82) is 0 Å². The van der Waals surface area contributed by atoms with Crippen LogP contribution in [0, 0.1) is 3.57 Å². The van der Waals surface area contributed by atoms with Crippen molar-refractivity contribution in [2.45, 2.75) is 6.54 Å². The fourth-order valence-corrected chi connectivity index (χ4v) is 3.96. The van der Waals surface area contributed by atoms with E-state index < -0.39 is 0 Å². The minimum atomic E-state index is 0.107. The van der Waals surface area contributed by atoms with Crippen molar-refractivity contribution >= 4 is 51.7 Å². The molecule has 0 spiro atoms. The molecule has 1 saturated heterocycles. The van der Waals surface area contributed by atoms with E-state index in [1.54, 1.807) is 0 Å².